The fourth-order valence-electron chi connectivity index (χ4n) is 10.6. The highest BCUT2D eigenvalue weighted by Gasteiger charge is 2.64. The highest BCUT2D eigenvalue weighted by atomic mass is 16.3. The van der Waals surface area contributed by atoms with Gasteiger partial charge >= 0.3 is 0 Å². The van der Waals surface area contributed by atoms with E-state index in [1.54, 1.807) is 0 Å². The van der Waals surface area contributed by atoms with Crippen LogP contribution in [0.3, 0.4) is 0 Å². The Morgan fingerprint density at radius 3 is 2.35 bits per heavy atom. The lowest BCUT2D eigenvalue weighted by Gasteiger charge is -2.60. The molecule has 0 bridgehead atoms. The number of rotatable bonds is 0. The predicted molar refractivity (Wildman–Crippen MR) is 121 cm³/mol. The summed E-state index contributed by atoms with van der Waals surface area (Å²) >= 11 is 0. The molecule has 0 aromatic carbocycles. The number of hydrogen-bond donors (Lipinski definition) is 3. The molecule has 13 atom stereocenters. The van der Waals surface area contributed by atoms with Gasteiger partial charge in [-0.25, -0.2) is 0 Å². The van der Waals surface area contributed by atoms with E-state index < -0.39 is 5.60 Å². The van der Waals surface area contributed by atoms with Crippen molar-refractivity contribution < 1.29 is 15.3 Å². The molecule has 2 aliphatic heterocycles. The van der Waals surface area contributed by atoms with Crippen LogP contribution in [0.1, 0.15) is 78.6 Å². The molecule has 176 valence electrons. The molecule has 6 fully saturated rings. The predicted octanol–water partition coefficient (Wildman–Crippen LogP) is 3.68. The Morgan fingerprint density at radius 1 is 0.742 bits per heavy atom. The van der Waals surface area contributed by atoms with Gasteiger partial charge in [0.1, 0.15) is 0 Å². The van der Waals surface area contributed by atoms with Gasteiger partial charge in [0.15, 0.2) is 0 Å². The van der Waals surface area contributed by atoms with Crippen molar-refractivity contribution in [3.8, 4) is 0 Å². The Morgan fingerprint density at radius 2 is 1.55 bits per heavy atom. The minimum Gasteiger partial charge on any atom is -0.393 e. The topological polar surface area (TPSA) is 63.9 Å². The molecule has 0 unspecified atom stereocenters. The van der Waals surface area contributed by atoms with E-state index in [1.807, 2.05) is 0 Å². The maximum absolute atomic E-state index is 11.8. The van der Waals surface area contributed by atoms with Crippen LogP contribution in [0.15, 0.2) is 0 Å². The first-order valence-electron chi connectivity index (χ1n) is 13.5. The molecule has 3 N–H and O–H groups in total. The van der Waals surface area contributed by atoms with E-state index in [9.17, 15) is 15.3 Å². The van der Waals surface area contributed by atoms with Crippen molar-refractivity contribution in [3.05, 3.63) is 0 Å². The smallest absolute Gasteiger partial charge is 0.0805 e. The van der Waals surface area contributed by atoms with E-state index in [0.717, 1.165) is 50.5 Å². The van der Waals surface area contributed by atoms with Crippen molar-refractivity contribution in [1.82, 2.24) is 4.90 Å². The number of aliphatic hydroxyl groups excluding tert-OH is 2. The molecule has 0 aromatic heterocycles. The number of piperidine rings is 2. The molecule has 6 rings (SSSR count). The largest absolute Gasteiger partial charge is 0.393 e. The van der Waals surface area contributed by atoms with Crippen molar-refractivity contribution in [2.24, 2.45) is 52.8 Å². The molecule has 4 heteroatoms. The van der Waals surface area contributed by atoms with Gasteiger partial charge in [-0.3, -0.25) is 4.90 Å². The van der Waals surface area contributed by atoms with E-state index in [-0.39, 0.29) is 23.5 Å². The third-order valence-corrected chi connectivity index (χ3v) is 12.0. The van der Waals surface area contributed by atoms with Crippen LogP contribution in [0.4, 0.5) is 0 Å². The van der Waals surface area contributed by atoms with Gasteiger partial charge < -0.3 is 15.3 Å². The Hall–Kier alpha value is -0.160. The summed E-state index contributed by atoms with van der Waals surface area (Å²) < 4.78 is 0. The van der Waals surface area contributed by atoms with Crippen LogP contribution in [-0.2, 0) is 0 Å². The fourth-order valence-corrected chi connectivity index (χ4v) is 10.6. The highest BCUT2D eigenvalue weighted by Crippen LogP contribution is 2.67. The third kappa shape index (κ3) is 3.00. The maximum atomic E-state index is 11.8. The number of aliphatic hydroxyl groups is 3. The lowest BCUT2D eigenvalue weighted by Crippen LogP contribution is -2.67. The number of hydrogen-bond acceptors (Lipinski definition) is 4. The molecular formula is C27H45NO3. The zero-order valence-corrected chi connectivity index (χ0v) is 19.9. The fraction of sp³-hybridized carbons (Fsp3) is 1.00. The molecule has 6 aliphatic rings. The molecule has 4 aliphatic carbocycles. The third-order valence-electron chi connectivity index (χ3n) is 12.0. The van der Waals surface area contributed by atoms with E-state index in [2.05, 4.69) is 25.7 Å². The summed E-state index contributed by atoms with van der Waals surface area (Å²) in [5.74, 6) is 4.89. The van der Waals surface area contributed by atoms with Crippen molar-refractivity contribution in [3.63, 3.8) is 0 Å². The van der Waals surface area contributed by atoms with E-state index in [4.69, 9.17) is 0 Å². The second-order valence-electron chi connectivity index (χ2n) is 13.4. The van der Waals surface area contributed by atoms with Gasteiger partial charge in [0.25, 0.3) is 0 Å². The Labute approximate surface area is 188 Å². The summed E-state index contributed by atoms with van der Waals surface area (Å²) in [7, 11) is 0. The minimum atomic E-state index is -0.553. The highest BCUT2D eigenvalue weighted by molar-refractivity contribution is 5.14. The van der Waals surface area contributed by atoms with Crippen LogP contribution in [0.5, 0.6) is 0 Å². The summed E-state index contributed by atoms with van der Waals surface area (Å²) in [6, 6.07) is 0.355. The van der Waals surface area contributed by atoms with Crippen molar-refractivity contribution in [1.29, 1.82) is 0 Å². The Bertz CT molecular complexity index is 711. The van der Waals surface area contributed by atoms with Gasteiger partial charge in [-0.1, -0.05) is 13.8 Å². The Balaban J connectivity index is 1.30. The van der Waals surface area contributed by atoms with Crippen molar-refractivity contribution in [2.75, 3.05) is 13.1 Å². The summed E-state index contributed by atoms with van der Waals surface area (Å²) in [4.78, 5) is 2.68. The zero-order valence-electron chi connectivity index (χ0n) is 19.9. The second-order valence-corrected chi connectivity index (χ2v) is 13.4. The van der Waals surface area contributed by atoms with E-state index >= 15 is 0 Å². The van der Waals surface area contributed by atoms with Crippen LogP contribution in [0, 0.1) is 52.8 Å². The van der Waals surface area contributed by atoms with Crippen molar-refractivity contribution >= 4 is 0 Å². The average Bonchev–Trinajstić information content (AvgIpc) is 3.09. The van der Waals surface area contributed by atoms with E-state index in [1.165, 1.54) is 32.2 Å². The molecule has 31 heavy (non-hydrogen) atoms. The maximum Gasteiger partial charge on any atom is 0.0805 e. The molecule has 2 heterocycles. The number of nitrogens with zero attached hydrogens (tertiary/aromatic N) is 1. The summed E-state index contributed by atoms with van der Waals surface area (Å²) in [6.45, 7) is 9.36. The van der Waals surface area contributed by atoms with Gasteiger partial charge in [-0.2, -0.15) is 0 Å². The van der Waals surface area contributed by atoms with Gasteiger partial charge in [0, 0.05) is 19.1 Å². The lowest BCUT2D eigenvalue weighted by molar-refractivity contribution is -0.176. The van der Waals surface area contributed by atoms with Crippen molar-refractivity contribution in [2.45, 2.75) is 102 Å². The van der Waals surface area contributed by atoms with Crippen LogP contribution < -0.4 is 0 Å². The molecular weight excluding hydrogens is 386 g/mol. The summed E-state index contributed by atoms with van der Waals surface area (Å²) in [6.07, 6.45) is 9.43. The molecule has 2 saturated heterocycles. The SMILES string of the molecule is C[C@@H]1CC[C@@H]2N(C1)C[C@@H]1[C@@H]3C[C@H]4[C@@H](C[C@@H](O)[C@H]5C[C@@H](O)CC[C@@]54C)[C@H]3CC[C@H]1[C@]2(C)O. The normalized spacial score (nSPS) is 61.5. The first-order chi connectivity index (χ1) is 14.7. The molecule has 4 saturated carbocycles. The Kier molecular flexibility index (Phi) is 4.94. The first-order valence-corrected chi connectivity index (χ1v) is 13.5. The molecule has 0 amide bonds. The zero-order chi connectivity index (χ0) is 21.7. The van der Waals surface area contributed by atoms with Crippen LogP contribution >= 0.6 is 0 Å². The van der Waals surface area contributed by atoms with Crippen LogP contribution in [0.2, 0.25) is 0 Å². The molecule has 4 nitrogen and oxygen atoms in total. The van der Waals surface area contributed by atoms with Crippen LogP contribution in [0.25, 0.3) is 0 Å². The summed E-state index contributed by atoms with van der Waals surface area (Å²) in [5.41, 5.74) is -0.365. The summed E-state index contributed by atoms with van der Waals surface area (Å²) in [5, 5.41) is 33.3. The average molecular weight is 432 g/mol. The second kappa shape index (κ2) is 7.17. The van der Waals surface area contributed by atoms with Gasteiger partial charge in [-0.05, 0) is 117 Å². The first kappa shape index (κ1) is 21.4. The molecule has 0 aromatic rings. The minimum absolute atomic E-state index is 0.188. The van der Waals surface area contributed by atoms with E-state index in [0.29, 0.717) is 35.6 Å². The number of fused-ring (bicyclic) bond motifs is 8. The van der Waals surface area contributed by atoms with Gasteiger partial charge in [0.05, 0.1) is 17.8 Å². The van der Waals surface area contributed by atoms with Crippen LogP contribution in [-0.4, -0.2) is 57.2 Å². The van der Waals surface area contributed by atoms with Gasteiger partial charge in [0.2, 0.25) is 0 Å². The molecule has 0 radical (unpaired) electrons. The molecule has 0 spiro atoms. The lowest BCUT2D eigenvalue weighted by atomic mass is 9.51. The quantitative estimate of drug-likeness (QED) is 0.547. The monoisotopic (exact) mass is 431 g/mol. The standard InChI is InChI=1S/C27H45NO3/c1-15-4-7-25-27(3,31)21-6-5-17-18(20(21)14-28(25)13-15)11-22-19(17)12-24(30)23-10-16(29)8-9-26(22,23)2/h15-25,29-31H,4-14H2,1-3H3/t15-,16+,17+,18-,19+,20-,21-,22+,23-,24-,25+,26-,27+/m1/s1. The van der Waals surface area contributed by atoms with Gasteiger partial charge in [-0.15, -0.1) is 0 Å².